The lowest BCUT2D eigenvalue weighted by molar-refractivity contribution is -0.177. The van der Waals surface area contributed by atoms with Crippen LogP contribution in [0.15, 0.2) is 0 Å². The van der Waals surface area contributed by atoms with Gasteiger partial charge in [0.15, 0.2) is 0 Å². The van der Waals surface area contributed by atoms with Crippen molar-refractivity contribution in [1.29, 1.82) is 0 Å². The third-order valence-electron chi connectivity index (χ3n) is 5.59. The molecule has 0 radical (unpaired) electrons. The molecular weight excluding hydrogens is 312 g/mol. The van der Waals surface area contributed by atoms with E-state index in [2.05, 4.69) is 4.90 Å². The molecule has 1 unspecified atom stereocenters. The number of carbonyl (C=O) groups is 2. The van der Waals surface area contributed by atoms with E-state index in [0.29, 0.717) is 19.8 Å². The van der Waals surface area contributed by atoms with Crippen molar-refractivity contribution < 1.29 is 24.2 Å². The molecule has 7 heteroatoms. The van der Waals surface area contributed by atoms with Crippen LogP contribution in [0.5, 0.6) is 0 Å². The Morgan fingerprint density at radius 3 is 2.54 bits per heavy atom. The van der Waals surface area contributed by atoms with Crippen molar-refractivity contribution in [2.24, 2.45) is 0 Å². The third-order valence-corrected chi connectivity index (χ3v) is 5.59. The standard InChI is InChI=1S/C17H28N2O5/c1-2-24-16(21)11-15(20)19-13-3-5-17(22,6-4-13)14(19)12-18-7-9-23-10-8-18/h13-14,22H,2-12H2,1H3. The van der Waals surface area contributed by atoms with Gasteiger partial charge in [0, 0.05) is 25.7 Å². The average Bonchev–Trinajstić information content (AvgIpc) is 2.57. The molecule has 0 aromatic heterocycles. The second-order valence-corrected chi connectivity index (χ2v) is 7.05. The molecule has 1 saturated carbocycles. The van der Waals surface area contributed by atoms with Gasteiger partial charge in [-0.05, 0) is 32.6 Å². The Morgan fingerprint density at radius 2 is 1.92 bits per heavy atom. The maximum Gasteiger partial charge on any atom is 0.315 e. The van der Waals surface area contributed by atoms with Crippen LogP contribution in [0.3, 0.4) is 0 Å². The Kier molecular flexibility index (Phi) is 5.42. The molecule has 3 heterocycles. The van der Waals surface area contributed by atoms with Crippen LogP contribution in [0.1, 0.15) is 39.0 Å². The molecule has 1 aliphatic carbocycles. The highest BCUT2D eigenvalue weighted by atomic mass is 16.5. The van der Waals surface area contributed by atoms with Gasteiger partial charge in [-0.1, -0.05) is 0 Å². The second kappa shape index (κ2) is 7.37. The fourth-order valence-corrected chi connectivity index (χ4v) is 4.32. The van der Waals surface area contributed by atoms with Gasteiger partial charge in [0.2, 0.25) is 5.91 Å². The van der Waals surface area contributed by atoms with Gasteiger partial charge >= 0.3 is 5.97 Å². The normalized spacial score (nSPS) is 33.5. The average molecular weight is 340 g/mol. The first-order valence-corrected chi connectivity index (χ1v) is 9.03. The quantitative estimate of drug-likeness (QED) is 0.567. The van der Waals surface area contributed by atoms with E-state index < -0.39 is 11.6 Å². The SMILES string of the molecule is CCOC(=O)CC(=O)N1C2CCC(O)(CC2)C1CN1CCOCC1. The lowest BCUT2D eigenvalue weighted by Gasteiger charge is -2.57. The summed E-state index contributed by atoms with van der Waals surface area (Å²) in [6.07, 6.45) is 2.85. The zero-order valence-electron chi connectivity index (χ0n) is 14.4. The van der Waals surface area contributed by atoms with Crippen LogP contribution >= 0.6 is 0 Å². The first kappa shape index (κ1) is 17.6. The summed E-state index contributed by atoms with van der Waals surface area (Å²) < 4.78 is 10.3. The van der Waals surface area contributed by atoms with E-state index in [0.717, 1.165) is 38.8 Å². The predicted octanol–water partition coefficient (Wildman–Crippen LogP) is 0.156. The highest BCUT2D eigenvalue weighted by molar-refractivity contribution is 5.94. The Morgan fingerprint density at radius 1 is 1.25 bits per heavy atom. The van der Waals surface area contributed by atoms with Gasteiger partial charge in [0.1, 0.15) is 6.42 Å². The molecule has 2 bridgehead atoms. The van der Waals surface area contributed by atoms with E-state index in [-0.39, 0.29) is 31.0 Å². The van der Waals surface area contributed by atoms with E-state index in [1.807, 2.05) is 0 Å². The van der Waals surface area contributed by atoms with Crippen LogP contribution in [0.2, 0.25) is 0 Å². The number of carbonyl (C=O) groups excluding carboxylic acids is 2. The molecule has 0 aromatic rings. The zero-order chi connectivity index (χ0) is 17.2. The summed E-state index contributed by atoms with van der Waals surface area (Å²) >= 11 is 0. The first-order valence-electron chi connectivity index (χ1n) is 9.03. The molecule has 3 aliphatic heterocycles. The molecule has 24 heavy (non-hydrogen) atoms. The fourth-order valence-electron chi connectivity index (χ4n) is 4.32. The van der Waals surface area contributed by atoms with Gasteiger partial charge in [-0.2, -0.15) is 0 Å². The summed E-state index contributed by atoms with van der Waals surface area (Å²) in [5.41, 5.74) is -0.836. The molecule has 4 fully saturated rings. The van der Waals surface area contributed by atoms with Crippen molar-refractivity contribution in [3.8, 4) is 0 Å². The van der Waals surface area contributed by atoms with Crippen molar-refractivity contribution in [2.75, 3.05) is 39.5 Å². The lowest BCUT2D eigenvalue weighted by atomic mass is 9.70. The number of hydrogen-bond acceptors (Lipinski definition) is 6. The topological polar surface area (TPSA) is 79.3 Å². The molecule has 3 saturated heterocycles. The summed E-state index contributed by atoms with van der Waals surface area (Å²) in [5, 5.41) is 11.1. The number of aliphatic hydroxyl groups is 1. The Hall–Kier alpha value is -1.18. The molecule has 4 aliphatic rings. The molecule has 1 amide bonds. The monoisotopic (exact) mass is 340 g/mol. The van der Waals surface area contributed by atoms with Crippen LogP contribution in [-0.4, -0.2) is 83.9 Å². The van der Waals surface area contributed by atoms with Crippen molar-refractivity contribution in [3.05, 3.63) is 0 Å². The number of fused-ring (bicyclic) bond motifs is 3. The number of rotatable bonds is 5. The molecule has 1 N–H and O–H groups in total. The lowest BCUT2D eigenvalue weighted by Crippen LogP contribution is -2.69. The van der Waals surface area contributed by atoms with Crippen LogP contribution < -0.4 is 0 Å². The summed E-state index contributed by atoms with van der Waals surface area (Å²) in [6, 6.07) is -0.114. The predicted molar refractivity (Wildman–Crippen MR) is 86.3 cm³/mol. The smallest absolute Gasteiger partial charge is 0.315 e. The number of nitrogens with zero attached hydrogens (tertiary/aromatic N) is 2. The number of piperidine rings is 2. The van der Waals surface area contributed by atoms with Crippen molar-refractivity contribution in [1.82, 2.24) is 9.80 Å². The third kappa shape index (κ3) is 3.58. The Balaban J connectivity index is 1.73. The van der Waals surface area contributed by atoms with Gasteiger partial charge < -0.3 is 19.5 Å². The van der Waals surface area contributed by atoms with Gasteiger partial charge in [-0.25, -0.2) is 0 Å². The summed E-state index contributed by atoms with van der Waals surface area (Å²) in [6.45, 7) is 5.65. The molecule has 0 aromatic carbocycles. The van der Waals surface area contributed by atoms with Crippen molar-refractivity contribution in [2.45, 2.75) is 56.7 Å². The first-order chi connectivity index (χ1) is 11.5. The minimum atomic E-state index is -0.836. The number of hydrogen-bond donors (Lipinski definition) is 1. The maximum atomic E-state index is 12.7. The summed E-state index contributed by atoms with van der Waals surface area (Å²) in [7, 11) is 0. The van der Waals surface area contributed by atoms with Gasteiger partial charge in [0.05, 0.1) is 31.5 Å². The number of esters is 1. The van der Waals surface area contributed by atoms with E-state index in [1.54, 1.807) is 11.8 Å². The molecule has 4 rings (SSSR count). The number of amides is 1. The highest BCUT2D eigenvalue weighted by Gasteiger charge is 2.53. The van der Waals surface area contributed by atoms with E-state index in [9.17, 15) is 14.7 Å². The highest BCUT2D eigenvalue weighted by Crippen LogP contribution is 2.43. The molecular formula is C17H28N2O5. The summed E-state index contributed by atoms with van der Waals surface area (Å²) in [5.74, 6) is -0.699. The second-order valence-electron chi connectivity index (χ2n) is 7.05. The molecule has 1 atom stereocenters. The summed E-state index contributed by atoms with van der Waals surface area (Å²) in [4.78, 5) is 28.5. The van der Waals surface area contributed by atoms with Gasteiger partial charge in [0.25, 0.3) is 0 Å². The molecule has 7 nitrogen and oxygen atoms in total. The van der Waals surface area contributed by atoms with Crippen LogP contribution in [-0.2, 0) is 19.1 Å². The Bertz CT molecular complexity index is 470. The maximum absolute atomic E-state index is 12.7. The Labute approximate surface area is 142 Å². The molecule has 0 spiro atoms. The van der Waals surface area contributed by atoms with Gasteiger partial charge in [-0.15, -0.1) is 0 Å². The zero-order valence-corrected chi connectivity index (χ0v) is 14.4. The number of morpholine rings is 1. The van der Waals surface area contributed by atoms with Gasteiger partial charge in [-0.3, -0.25) is 14.5 Å². The van der Waals surface area contributed by atoms with Crippen LogP contribution in [0, 0.1) is 0 Å². The van der Waals surface area contributed by atoms with Crippen LogP contribution in [0.4, 0.5) is 0 Å². The minimum absolute atomic E-state index is 0.131. The molecule has 136 valence electrons. The van der Waals surface area contributed by atoms with E-state index >= 15 is 0 Å². The minimum Gasteiger partial charge on any atom is -0.466 e. The van der Waals surface area contributed by atoms with E-state index in [1.165, 1.54) is 0 Å². The van der Waals surface area contributed by atoms with Crippen molar-refractivity contribution in [3.63, 3.8) is 0 Å². The van der Waals surface area contributed by atoms with E-state index in [4.69, 9.17) is 9.47 Å². The van der Waals surface area contributed by atoms with Crippen molar-refractivity contribution >= 4 is 11.9 Å². The largest absolute Gasteiger partial charge is 0.466 e. The van der Waals surface area contributed by atoms with Crippen LogP contribution in [0.25, 0.3) is 0 Å². The fraction of sp³-hybridized carbons (Fsp3) is 0.882. The number of ether oxygens (including phenoxy) is 2.